The summed E-state index contributed by atoms with van der Waals surface area (Å²) in [7, 11) is 0. The van der Waals surface area contributed by atoms with Gasteiger partial charge in [-0.15, -0.1) is 0 Å². The van der Waals surface area contributed by atoms with E-state index in [0.717, 1.165) is 37.1 Å². The highest BCUT2D eigenvalue weighted by Crippen LogP contribution is 2.36. The first-order valence-electron chi connectivity index (χ1n) is 12.1. The number of anilines is 1. The Morgan fingerprint density at radius 3 is 2.44 bits per heavy atom. The van der Waals surface area contributed by atoms with Crippen LogP contribution in [0.25, 0.3) is 6.08 Å². The molecule has 1 aromatic rings. The van der Waals surface area contributed by atoms with Crippen molar-refractivity contribution in [1.82, 2.24) is 9.47 Å². The lowest BCUT2D eigenvalue weighted by atomic mass is 10.0. The molecule has 7 nitrogen and oxygen atoms in total. The predicted molar refractivity (Wildman–Crippen MR) is 142 cm³/mol. The van der Waals surface area contributed by atoms with E-state index in [1.807, 2.05) is 26.8 Å². The molecule has 184 valence electrons. The molecule has 0 bridgehead atoms. The van der Waals surface area contributed by atoms with Crippen molar-refractivity contribution in [3.63, 3.8) is 0 Å². The van der Waals surface area contributed by atoms with Gasteiger partial charge in [-0.25, -0.2) is 0 Å². The van der Waals surface area contributed by atoms with Gasteiger partial charge in [0, 0.05) is 31.7 Å². The second kappa shape index (κ2) is 11.5. The van der Waals surface area contributed by atoms with Crippen molar-refractivity contribution < 1.29 is 9.53 Å². The molecular weight excluding hydrogens is 468 g/mol. The number of carbonyl (C=O) groups excluding carboxylic acids is 1. The lowest BCUT2D eigenvalue weighted by molar-refractivity contribution is -0.122. The van der Waals surface area contributed by atoms with Gasteiger partial charge in [-0.1, -0.05) is 50.2 Å². The second-order valence-electron chi connectivity index (χ2n) is 8.95. The van der Waals surface area contributed by atoms with E-state index < -0.39 is 0 Å². The predicted octanol–water partition coefficient (Wildman–Crippen LogP) is 4.44. The van der Waals surface area contributed by atoms with Crippen LogP contribution in [0.15, 0.2) is 9.70 Å². The lowest BCUT2D eigenvalue weighted by Crippen LogP contribution is -2.48. The number of pyridine rings is 1. The van der Waals surface area contributed by atoms with E-state index in [0.29, 0.717) is 41.0 Å². The number of thiocarbonyl (C=S) groups is 1. The van der Waals surface area contributed by atoms with Crippen molar-refractivity contribution in [3.05, 3.63) is 31.9 Å². The number of hydrogen-bond donors (Lipinski definition) is 0. The SMILES string of the molecule is CCCCCCN1C(=O)C(=Cc2c(C)c(C#N)c(=O)n(CC)c2N2CC(C)OC(C)C2)SC1=S. The first-order chi connectivity index (χ1) is 16.2. The molecule has 1 aromatic heterocycles. The Hall–Kier alpha value is -2.15. The van der Waals surface area contributed by atoms with Crippen LogP contribution in [0, 0.1) is 18.3 Å². The third-order valence-corrected chi connectivity index (χ3v) is 7.64. The minimum Gasteiger partial charge on any atom is -0.372 e. The van der Waals surface area contributed by atoms with Crippen LogP contribution in [0.1, 0.15) is 70.1 Å². The Balaban J connectivity index is 2.09. The van der Waals surface area contributed by atoms with Gasteiger partial charge in [0.1, 0.15) is 21.8 Å². The molecule has 0 saturated carbocycles. The number of aromatic nitrogens is 1. The maximum Gasteiger partial charge on any atom is 0.270 e. The zero-order chi connectivity index (χ0) is 25.0. The molecule has 0 spiro atoms. The number of hydrogen-bond acceptors (Lipinski definition) is 7. The number of nitrogens with zero attached hydrogens (tertiary/aromatic N) is 4. The summed E-state index contributed by atoms with van der Waals surface area (Å²) in [6.07, 6.45) is 6.07. The molecule has 0 N–H and O–H groups in total. The van der Waals surface area contributed by atoms with Gasteiger partial charge >= 0.3 is 0 Å². The topological polar surface area (TPSA) is 78.6 Å². The third-order valence-electron chi connectivity index (χ3n) is 6.27. The zero-order valence-electron chi connectivity index (χ0n) is 20.7. The van der Waals surface area contributed by atoms with Crippen LogP contribution in [0.2, 0.25) is 0 Å². The Kier molecular flexibility index (Phi) is 8.96. The van der Waals surface area contributed by atoms with Crippen molar-refractivity contribution >= 4 is 46.1 Å². The smallest absolute Gasteiger partial charge is 0.270 e. The van der Waals surface area contributed by atoms with Crippen LogP contribution in [0.4, 0.5) is 5.82 Å². The van der Waals surface area contributed by atoms with E-state index in [1.165, 1.54) is 11.8 Å². The first-order valence-corrected chi connectivity index (χ1v) is 13.3. The van der Waals surface area contributed by atoms with Gasteiger partial charge in [0.05, 0.1) is 17.1 Å². The maximum absolute atomic E-state index is 13.2. The standard InChI is InChI=1S/C25H34N4O3S2/c1-6-8-9-10-11-29-24(31)21(34-25(29)33)12-19-18(5)20(13-26)23(30)28(7-2)22(19)27-14-16(3)32-17(4)15-27/h12,16-17H,6-11,14-15H2,1-5H3. The largest absolute Gasteiger partial charge is 0.372 e. The summed E-state index contributed by atoms with van der Waals surface area (Å²) in [6, 6.07) is 2.09. The van der Waals surface area contributed by atoms with Crippen LogP contribution in [-0.4, -0.2) is 51.5 Å². The second-order valence-corrected chi connectivity index (χ2v) is 10.6. The number of nitriles is 1. The molecular formula is C25H34N4O3S2. The third kappa shape index (κ3) is 5.40. The van der Waals surface area contributed by atoms with Gasteiger partial charge in [-0.05, 0) is 45.8 Å². The number of rotatable bonds is 8. The highest BCUT2D eigenvalue weighted by molar-refractivity contribution is 8.26. The van der Waals surface area contributed by atoms with Crippen LogP contribution >= 0.6 is 24.0 Å². The molecule has 2 atom stereocenters. The van der Waals surface area contributed by atoms with Crippen LogP contribution in [0.5, 0.6) is 0 Å². The van der Waals surface area contributed by atoms with E-state index in [9.17, 15) is 14.9 Å². The number of morpholine rings is 1. The summed E-state index contributed by atoms with van der Waals surface area (Å²) >= 11 is 6.81. The van der Waals surface area contributed by atoms with Crippen LogP contribution < -0.4 is 10.5 Å². The Morgan fingerprint density at radius 2 is 1.85 bits per heavy atom. The molecule has 9 heteroatoms. The molecule has 2 unspecified atom stereocenters. The number of thioether (sulfide) groups is 1. The maximum atomic E-state index is 13.2. The molecule has 1 amide bonds. The van der Waals surface area contributed by atoms with E-state index in [1.54, 1.807) is 16.4 Å². The minimum atomic E-state index is -0.301. The summed E-state index contributed by atoms with van der Waals surface area (Å²) in [6.45, 7) is 12.1. The molecule has 2 aliphatic heterocycles. The lowest BCUT2D eigenvalue weighted by Gasteiger charge is -2.39. The molecule has 3 heterocycles. The molecule has 0 radical (unpaired) electrons. The molecule has 3 rings (SSSR count). The molecule has 2 fully saturated rings. The van der Waals surface area contributed by atoms with Crippen LogP contribution in [0.3, 0.4) is 0 Å². The monoisotopic (exact) mass is 502 g/mol. The quantitative estimate of drug-likeness (QED) is 0.295. The minimum absolute atomic E-state index is 0.00529. The number of amides is 1. The zero-order valence-corrected chi connectivity index (χ0v) is 22.4. The van der Waals surface area contributed by atoms with Gasteiger partial charge < -0.3 is 9.64 Å². The molecule has 0 aromatic carbocycles. The number of unbranched alkanes of at least 4 members (excludes halogenated alkanes) is 3. The van der Waals surface area contributed by atoms with Crippen molar-refractivity contribution in [2.75, 3.05) is 24.5 Å². The molecule has 0 aliphatic carbocycles. The normalized spacial score (nSPS) is 22.1. The number of ether oxygens (including phenoxy) is 1. The Morgan fingerprint density at radius 1 is 1.18 bits per heavy atom. The van der Waals surface area contributed by atoms with Gasteiger partial charge in [0.15, 0.2) is 0 Å². The van der Waals surface area contributed by atoms with Gasteiger partial charge in [0.25, 0.3) is 11.5 Å². The average molecular weight is 503 g/mol. The highest BCUT2D eigenvalue weighted by Gasteiger charge is 2.34. The number of carbonyl (C=O) groups is 1. The summed E-state index contributed by atoms with van der Waals surface area (Å²) in [4.78, 5) is 30.8. The van der Waals surface area contributed by atoms with Crippen molar-refractivity contribution in [3.8, 4) is 6.07 Å². The van der Waals surface area contributed by atoms with Gasteiger partial charge in [-0.2, -0.15) is 5.26 Å². The van der Waals surface area contributed by atoms with Crippen molar-refractivity contribution in [2.24, 2.45) is 0 Å². The van der Waals surface area contributed by atoms with Crippen molar-refractivity contribution in [1.29, 1.82) is 5.26 Å². The molecule has 2 saturated heterocycles. The summed E-state index contributed by atoms with van der Waals surface area (Å²) < 4.78 is 8.12. The fraction of sp³-hybridized carbons (Fsp3) is 0.600. The van der Waals surface area contributed by atoms with Crippen LogP contribution in [-0.2, 0) is 16.1 Å². The van der Waals surface area contributed by atoms with Crippen molar-refractivity contribution in [2.45, 2.75) is 79.1 Å². The Labute approximate surface area is 211 Å². The van der Waals surface area contributed by atoms with Gasteiger partial charge in [0.2, 0.25) is 0 Å². The van der Waals surface area contributed by atoms with E-state index in [2.05, 4.69) is 17.9 Å². The van der Waals surface area contributed by atoms with E-state index >= 15 is 0 Å². The molecule has 34 heavy (non-hydrogen) atoms. The molecule has 2 aliphatic rings. The first kappa shape index (κ1) is 26.5. The van der Waals surface area contributed by atoms with E-state index in [-0.39, 0.29) is 29.2 Å². The summed E-state index contributed by atoms with van der Waals surface area (Å²) in [5, 5.41) is 9.75. The fourth-order valence-corrected chi connectivity index (χ4v) is 5.94. The fourth-order valence-electron chi connectivity index (χ4n) is 4.65. The Bertz CT molecular complexity index is 1080. The highest BCUT2D eigenvalue weighted by atomic mass is 32.2. The summed E-state index contributed by atoms with van der Waals surface area (Å²) in [5.41, 5.74) is 1.13. The average Bonchev–Trinajstić information content (AvgIpc) is 3.05. The van der Waals surface area contributed by atoms with E-state index in [4.69, 9.17) is 17.0 Å². The summed E-state index contributed by atoms with van der Waals surface area (Å²) in [5.74, 6) is 0.632. The van der Waals surface area contributed by atoms with Gasteiger partial charge in [-0.3, -0.25) is 19.1 Å².